The lowest BCUT2D eigenvalue weighted by Gasteiger charge is -2.38. The summed E-state index contributed by atoms with van der Waals surface area (Å²) in [6.07, 6.45) is 7.32. The van der Waals surface area contributed by atoms with Crippen molar-refractivity contribution in [2.24, 2.45) is 0 Å². The average Bonchev–Trinajstić information content (AvgIpc) is 3.22. The van der Waals surface area contributed by atoms with Crippen molar-refractivity contribution in [2.75, 3.05) is 39.3 Å². The lowest BCUT2D eigenvalue weighted by atomic mass is 10.1. The van der Waals surface area contributed by atoms with Crippen LogP contribution in [-0.2, 0) is 9.59 Å². The van der Waals surface area contributed by atoms with Crippen LogP contribution in [0, 0.1) is 0 Å². The first-order chi connectivity index (χ1) is 14.9. The van der Waals surface area contributed by atoms with Crippen LogP contribution in [0.15, 0.2) is 24.3 Å². The Hall–Kier alpha value is -1.60. The first-order valence-corrected chi connectivity index (χ1v) is 11.7. The molecule has 0 bridgehead atoms. The van der Waals surface area contributed by atoms with E-state index < -0.39 is 6.04 Å². The van der Waals surface area contributed by atoms with E-state index in [1.807, 2.05) is 4.90 Å². The minimum Gasteiger partial charge on any atom is -0.395 e. The zero-order valence-electron chi connectivity index (χ0n) is 18.0. The number of aliphatic hydroxyl groups excluding tert-OH is 1. The maximum atomic E-state index is 12.8. The highest BCUT2D eigenvalue weighted by Crippen LogP contribution is 2.23. The summed E-state index contributed by atoms with van der Waals surface area (Å²) in [4.78, 5) is 31.2. The summed E-state index contributed by atoms with van der Waals surface area (Å²) in [6, 6.07) is 5.00. The summed E-state index contributed by atoms with van der Waals surface area (Å²) in [5, 5.41) is 10.3. The van der Waals surface area contributed by atoms with Crippen LogP contribution in [0.5, 0.6) is 0 Å². The average molecular weight is 468 g/mol. The molecule has 0 radical (unpaired) electrons. The molecule has 2 saturated heterocycles. The van der Waals surface area contributed by atoms with Gasteiger partial charge in [-0.15, -0.1) is 0 Å². The molecule has 31 heavy (non-hydrogen) atoms. The number of halogens is 2. The van der Waals surface area contributed by atoms with E-state index >= 15 is 0 Å². The second kappa shape index (κ2) is 11.3. The maximum Gasteiger partial charge on any atom is 0.247 e. The Balaban J connectivity index is 1.45. The van der Waals surface area contributed by atoms with E-state index in [9.17, 15) is 14.7 Å². The van der Waals surface area contributed by atoms with Crippen molar-refractivity contribution in [2.45, 2.75) is 44.7 Å². The summed E-state index contributed by atoms with van der Waals surface area (Å²) >= 11 is 11.9. The Morgan fingerprint density at radius 1 is 1.16 bits per heavy atom. The summed E-state index contributed by atoms with van der Waals surface area (Å²) in [6.45, 7) is 5.82. The van der Waals surface area contributed by atoms with Crippen LogP contribution in [-0.4, -0.2) is 83.0 Å². The van der Waals surface area contributed by atoms with Crippen LogP contribution in [0.1, 0.15) is 38.2 Å². The quantitative estimate of drug-likeness (QED) is 0.470. The van der Waals surface area contributed by atoms with E-state index in [1.54, 1.807) is 36.1 Å². The fourth-order valence-corrected chi connectivity index (χ4v) is 4.65. The van der Waals surface area contributed by atoms with Crippen LogP contribution in [0.2, 0.25) is 10.0 Å². The van der Waals surface area contributed by atoms with Crippen molar-refractivity contribution in [1.82, 2.24) is 14.7 Å². The summed E-state index contributed by atoms with van der Waals surface area (Å²) in [5.41, 5.74) is 0.779. The molecule has 170 valence electrons. The van der Waals surface area contributed by atoms with Crippen LogP contribution in [0.3, 0.4) is 0 Å². The fourth-order valence-electron chi connectivity index (χ4n) is 4.35. The highest BCUT2D eigenvalue weighted by molar-refractivity contribution is 6.42. The number of unbranched alkanes of at least 4 members (excludes halogenated alkanes) is 1. The summed E-state index contributed by atoms with van der Waals surface area (Å²) in [7, 11) is 0. The van der Waals surface area contributed by atoms with Crippen LogP contribution in [0.25, 0.3) is 6.08 Å². The Kier molecular flexibility index (Phi) is 8.78. The van der Waals surface area contributed by atoms with E-state index in [1.165, 1.54) is 6.08 Å². The first kappa shape index (κ1) is 24.1. The summed E-state index contributed by atoms with van der Waals surface area (Å²) < 4.78 is 0. The molecule has 0 aromatic heterocycles. The first-order valence-electron chi connectivity index (χ1n) is 11.0. The molecule has 2 atom stereocenters. The molecular formula is C23H31Cl2N3O3. The van der Waals surface area contributed by atoms with Crippen molar-refractivity contribution < 1.29 is 14.7 Å². The standard InChI is InChI=1S/C23H31Cl2N3O3/c1-17-23(31)27(11-3-2-10-26-12-4-5-19(26)16-29)13-14-28(17)22(30)9-7-18-6-8-20(24)21(25)15-18/h6-9,15,17,19,29H,2-5,10-14,16H2,1H3/t17?,19-/m1/s1. The number of piperazine rings is 1. The van der Waals surface area contributed by atoms with Gasteiger partial charge in [0.2, 0.25) is 11.8 Å². The Morgan fingerprint density at radius 3 is 2.68 bits per heavy atom. The zero-order valence-corrected chi connectivity index (χ0v) is 19.5. The number of aliphatic hydroxyl groups is 1. The van der Waals surface area contributed by atoms with Gasteiger partial charge < -0.3 is 14.9 Å². The molecule has 1 unspecified atom stereocenters. The third-order valence-electron chi connectivity index (χ3n) is 6.23. The summed E-state index contributed by atoms with van der Waals surface area (Å²) in [5.74, 6) is -0.187. The number of carbonyl (C=O) groups excluding carboxylic acids is 2. The lowest BCUT2D eigenvalue weighted by Crippen LogP contribution is -2.57. The minimum absolute atomic E-state index is 0.00283. The molecule has 1 N–H and O–H groups in total. The molecule has 1 aromatic rings. The predicted molar refractivity (Wildman–Crippen MR) is 124 cm³/mol. The highest BCUT2D eigenvalue weighted by Gasteiger charge is 2.33. The zero-order chi connectivity index (χ0) is 22.4. The lowest BCUT2D eigenvalue weighted by molar-refractivity contribution is -0.148. The topological polar surface area (TPSA) is 64.1 Å². The van der Waals surface area contributed by atoms with Crippen molar-refractivity contribution in [3.8, 4) is 0 Å². The molecule has 2 fully saturated rings. The monoisotopic (exact) mass is 467 g/mol. The maximum absolute atomic E-state index is 12.8. The van der Waals surface area contributed by atoms with Crippen LogP contribution in [0.4, 0.5) is 0 Å². The van der Waals surface area contributed by atoms with Gasteiger partial charge in [-0.3, -0.25) is 14.5 Å². The number of rotatable bonds is 8. The van der Waals surface area contributed by atoms with Crippen LogP contribution < -0.4 is 0 Å². The van der Waals surface area contributed by atoms with Gasteiger partial charge >= 0.3 is 0 Å². The Bertz CT molecular complexity index is 817. The van der Waals surface area contributed by atoms with Gasteiger partial charge in [0.15, 0.2) is 0 Å². The molecule has 6 nitrogen and oxygen atoms in total. The number of likely N-dealkylation sites (tertiary alicyclic amines) is 1. The van der Waals surface area contributed by atoms with E-state index in [0.29, 0.717) is 35.7 Å². The van der Waals surface area contributed by atoms with Crippen molar-refractivity contribution in [1.29, 1.82) is 0 Å². The van der Waals surface area contributed by atoms with Crippen molar-refractivity contribution >= 4 is 41.1 Å². The molecule has 2 aliphatic rings. The van der Waals surface area contributed by atoms with Crippen molar-refractivity contribution in [3.63, 3.8) is 0 Å². The van der Waals surface area contributed by atoms with E-state index in [0.717, 1.165) is 44.3 Å². The number of nitrogens with zero attached hydrogens (tertiary/aromatic N) is 3. The van der Waals surface area contributed by atoms with Gasteiger partial charge in [0.1, 0.15) is 6.04 Å². The van der Waals surface area contributed by atoms with E-state index in [2.05, 4.69) is 4.90 Å². The molecule has 2 heterocycles. The number of carbonyl (C=O) groups is 2. The van der Waals surface area contributed by atoms with Gasteiger partial charge in [-0.2, -0.15) is 0 Å². The van der Waals surface area contributed by atoms with Gasteiger partial charge in [-0.1, -0.05) is 29.3 Å². The van der Waals surface area contributed by atoms with Gasteiger partial charge in [0, 0.05) is 31.8 Å². The fraction of sp³-hybridized carbons (Fsp3) is 0.565. The van der Waals surface area contributed by atoms with E-state index in [4.69, 9.17) is 23.2 Å². The Morgan fingerprint density at radius 2 is 1.94 bits per heavy atom. The van der Waals surface area contributed by atoms with Crippen molar-refractivity contribution in [3.05, 3.63) is 39.9 Å². The third-order valence-corrected chi connectivity index (χ3v) is 6.96. The van der Waals surface area contributed by atoms with Gasteiger partial charge in [0.05, 0.1) is 16.7 Å². The molecule has 0 saturated carbocycles. The SMILES string of the molecule is CC1C(=O)N(CCCCN2CCC[C@@H]2CO)CCN1C(=O)C=Cc1ccc(Cl)c(Cl)c1. The molecule has 8 heteroatoms. The largest absolute Gasteiger partial charge is 0.395 e. The molecule has 0 spiro atoms. The number of amides is 2. The van der Waals surface area contributed by atoms with Gasteiger partial charge in [-0.05, 0) is 69.5 Å². The van der Waals surface area contributed by atoms with E-state index in [-0.39, 0.29) is 18.4 Å². The molecule has 2 aliphatic heterocycles. The normalized spacial score (nSPS) is 22.6. The van der Waals surface area contributed by atoms with Crippen LogP contribution >= 0.6 is 23.2 Å². The predicted octanol–water partition coefficient (Wildman–Crippen LogP) is 3.30. The second-order valence-electron chi connectivity index (χ2n) is 8.26. The third kappa shape index (κ3) is 6.22. The molecule has 0 aliphatic carbocycles. The van der Waals surface area contributed by atoms with Gasteiger partial charge in [0.25, 0.3) is 0 Å². The smallest absolute Gasteiger partial charge is 0.247 e. The highest BCUT2D eigenvalue weighted by atomic mass is 35.5. The Labute approximate surface area is 194 Å². The molecule has 1 aromatic carbocycles. The number of hydrogen-bond donors (Lipinski definition) is 1. The molecule has 2 amide bonds. The van der Waals surface area contributed by atoms with Gasteiger partial charge in [-0.25, -0.2) is 0 Å². The molecule has 3 rings (SSSR count). The second-order valence-corrected chi connectivity index (χ2v) is 9.08. The molecular weight excluding hydrogens is 437 g/mol. The minimum atomic E-state index is -0.475. The number of hydrogen-bond acceptors (Lipinski definition) is 4. The number of benzene rings is 1.